The molecular formula is C16H25NO3. The molecule has 1 saturated carbocycles. The number of benzene rings is 1. The molecule has 0 spiro atoms. The number of rotatable bonds is 7. The molecule has 1 aromatic rings. The lowest BCUT2D eigenvalue weighted by atomic mass is 10.1. The molecule has 4 nitrogen and oxygen atoms in total. The second-order valence-electron chi connectivity index (χ2n) is 5.38. The van der Waals surface area contributed by atoms with Crippen molar-refractivity contribution in [3.63, 3.8) is 0 Å². The number of nitrogens with one attached hydrogen (secondary N) is 1. The summed E-state index contributed by atoms with van der Waals surface area (Å²) in [5, 5.41) is 13.0. The van der Waals surface area contributed by atoms with Crippen molar-refractivity contribution in [3.05, 3.63) is 23.8 Å². The van der Waals surface area contributed by atoms with Crippen molar-refractivity contribution in [2.45, 2.75) is 44.8 Å². The molecule has 0 bridgehead atoms. The molecule has 1 fully saturated rings. The molecule has 0 radical (unpaired) electrons. The molecule has 2 N–H and O–H groups in total. The van der Waals surface area contributed by atoms with Gasteiger partial charge in [0.1, 0.15) is 0 Å². The smallest absolute Gasteiger partial charge is 0.160 e. The van der Waals surface area contributed by atoms with Crippen molar-refractivity contribution in [1.82, 2.24) is 5.32 Å². The summed E-state index contributed by atoms with van der Waals surface area (Å²) >= 11 is 0. The van der Waals surface area contributed by atoms with Crippen molar-refractivity contribution in [2.75, 3.05) is 20.3 Å². The first-order valence-electron chi connectivity index (χ1n) is 7.42. The zero-order chi connectivity index (χ0) is 14.4. The van der Waals surface area contributed by atoms with Crippen LogP contribution in [0.3, 0.4) is 0 Å². The third-order valence-electron chi connectivity index (χ3n) is 3.91. The maximum absolute atomic E-state index is 9.59. The van der Waals surface area contributed by atoms with Crippen LogP contribution in [0, 0.1) is 0 Å². The summed E-state index contributed by atoms with van der Waals surface area (Å²) in [6.07, 6.45) is 5.51. The molecule has 0 amide bonds. The largest absolute Gasteiger partial charge is 0.504 e. The highest BCUT2D eigenvalue weighted by atomic mass is 16.5. The van der Waals surface area contributed by atoms with Gasteiger partial charge in [0.2, 0.25) is 0 Å². The lowest BCUT2D eigenvalue weighted by Crippen LogP contribution is -2.25. The van der Waals surface area contributed by atoms with Gasteiger partial charge in [-0.2, -0.15) is 0 Å². The van der Waals surface area contributed by atoms with Gasteiger partial charge >= 0.3 is 0 Å². The van der Waals surface area contributed by atoms with Crippen molar-refractivity contribution < 1.29 is 14.6 Å². The maximum Gasteiger partial charge on any atom is 0.160 e. The molecule has 1 aliphatic carbocycles. The molecule has 0 heterocycles. The van der Waals surface area contributed by atoms with E-state index in [9.17, 15) is 5.11 Å². The van der Waals surface area contributed by atoms with Crippen LogP contribution in [0.1, 0.15) is 44.2 Å². The van der Waals surface area contributed by atoms with Gasteiger partial charge in [-0.3, -0.25) is 0 Å². The Morgan fingerprint density at radius 1 is 1.35 bits per heavy atom. The minimum atomic E-state index is 0.174. The Bertz CT molecular complexity index is 416. The molecule has 2 rings (SSSR count). The van der Waals surface area contributed by atoms with Crippen LogP contribution >= 0.6 is 0 Å². The second-order valence-corrected chi connectivity index (χ2v) is 5.38. The van der Waals surface area contributed by atoms with Crippen molar-refractivity contribution in [2.24, 2.45) is 0 Å². The molecule has 112 valence electrons. The molecule has 0 aromatic heterocycles. The van der Waals surface area contributed by atoms with Gasteiger partial charge < -0.3 is 19.9 Å². The number of methoxy groups -OCH3 is 1. The number of hydrogen-bond acceptors (Lipinski definition) is 4. The predicted molar refractivity (Wildman–Crippen MR) is 79.3 cm³/mol. The zero-order valence-electron chi connectivity index (χ0n) is 12.4. The normalized spacial score (nSPS) is 17.3. The van der Waals surface area contributed by atoms with Crippen LogP contribution in [0.5, 0.6) is 11.5 Å². The Balaban J connectivity index is 1.74. The Morgan fingerprint density at radius 2 is 2.10 bits per heavy atom. The van der Waals surface area contributed by atoms with Gasteiger partial charge in [0.25, 0.3) is 0 Å². The summed E-state index contributed by atoms with van der Waals surface area (Å²) in [5.74, 6) is 0.686. The Morgan fingerprint density at radius 3 is 2.80 bits per heavy atom. The number of phenols is 1. The summed E-state index contributed by atoms with van der Waals surface area (Å²) < 4.78 is 11.0. The van der Waals surface area contributed by atoms with Gasteiger partial charge in [0.05, 0.1) is 19.8 Å². The lowest BCUT2D eigenvalue weighted by molar-refractivity contribution is 0.0593. The fraction of sp³-hybridized carbons (Fsp3) is 0.625. The van der Waals surface area contributed by atoms with E-state index in [0.29, 0.717) is 11.9 Å². The van der Waals surface area contributed by atoms with Crippen molar-refractivity contribution in [1.29, 1.82) is 0 Å². The predicted octanol–water partition coefficient (Wildman–Crippen LogP) is 3.01. The fourth-order valence-electron chi connectivity index (χ4n) is 2.64. The molecule has 4 heteroatoms. The summed E-state index contributed by atoms with van der Waals surface area (Å²) in [6, 6.07) is 5.65. The van der Waals surface area contributed by atoms with Gasteiger partial charge in [0.15, 0.2) is 11.5 Å². The Kier molecular flexibility index (Phi) is 5.68. The van der Waals surface area contributed by atoms with E-state index in [1.54, 1.807) is 13.2 Å². The summed E-state index contributed by atoms with van der Waals surface area (Å²) in [6.45, 7) is 3.69. The van der Waals surface area contributed by atoms with Gasteiger partial charge in [-0.25, -0.2) is 0 Å². The van der Waals surface area contributed by atoms with E-state index in [2.05, 4.69) is 12.2 Å². The monoisotopic (exact) mass is 279 g/mol. The molecule has 20 heavy (non-hydrogen) atoms. The van der Waals surface area contributed by atoms with Gasteiger partial charge in [0, 0.05) is 12.6 Å². The van der Waals surface area contributed by atoms with Gasteiger partial charge in [-0.05, 0) is 37.5 Å². The molecule has 0 saturated heterocycles. The van der Waals surface area contributed by atoms with E-state index in [1.807, 2.05) is 12.1 Å². The van der Waals surface area contributed by atoms with Crippen LogP contribution in [0.25, 0.3) is 0 Å². The van der Waals surface area contributed by atoms with E-state index in [1.165, 1.54) is 25.7 Å². The van der Waals surface area contributed by atoms with Gasteiger partial charge in [-0.1, -0.05) is 18.9 Å². The molecule has 1 unspecified atom stereocenters. The van der Waals surface area contributed by atoms with Gasteiger partial charge in [-0.15, -0.1) is 0 Å². The van der Waals surface area contributed by atoms with E-state index in [-0.39, 0.29) is 11.8 Å². The summed E-state index contributed by atoms with van der Waals surface area (Å²) in [4.78, 5) is 0. The topological polar surface area (TPSA) is 50.7 Å². The summed E-state index contributed by atoms with van der Waals surface area (Å²) in [5.41, 5.74) is 1.10. The highest BCUT2D eigenvalue weighted by Crippen LogP contribution is 2.28. The van der Waals surface area contributed by atoms with E-state index in [0.717, 1.165) is 18.7 Å². The van der Waals surface area contributed by atoms with E-state index < -0.39 is 0 Å². The van der Waals surface area contributed by atoms with E-state index >= 15 is 0 Å². The van der Waals surface area contributed by atoms with Crippen LogP contribution in [-0.2, 0) is 4.74 Å². The molecular weight excluding hydrogens is 254 g/mol. The van der Waals surface area contributed by atoms with Crippen LogP contribution in [0.15, 0.2) is 18.2 Å². The van der Waals surface area contributed by atoms with Crippen LogP contribution < -0.4 is 10.1 Å². The zero-order valence-corrected chi connectivity index (χ0v) is 12.4. The molecule has 1 aliphatic rings. The Hall–Kier alpha value is -1.26. The van der Waals surface area contributed by atoms with Crippen molar-refractivity contribution >= 4 is 0 Å². The number of ether oxygens (including phenoxy) is 2. The number of hydrogen-bond donors (Lipinski definition) is 2. The van der Waals surface area contributed by atoms with Crippen molar-refractivity contribution in [3.8, 4) is 11.5 Å². The third-order valence-corrected chi connectivity index (χ3v) is 3.91. The number of aromatic hydroxyl groups is 1. The second kappa shape index (κ2) is 7.50. The minimum Gasteiger partial charge on any atom is -0.504 e. The average Bonchev–Trinajstić information content (AvgIpc) is 2.97. The SMILES string of the molecule is COc1cc(C(C)NCCOC2CCCC2)ccc1O. The lowest BCUT2D eigenvalue weighted by Gasteiger charge is -2.17. The van der Waals surface area contributed by atoms with Crippen LogP contribution in [0.2, 0.25) is 0 Å². The highest BCUT2D eigenvalue weighted by Gasteiger charge is 2.15. The molecule has 1 aromatic carbocycles. The highest BCUT2D eigenvalue weighted by molar-refractivity contribution is 5.42. The average molecular weight is 279 g/mol. The van der Waals surface area contributed by atoms with Crippen LogP contribution in [0.4, 0.5) is 0 Å². The first-order valence-corrected chi connectivity index (χ1v) is 7.42. The first kappa shape index (κ1) is 15.1. The molecule has 0 aliphatic heterocycles. The third kappa shape index (κ3) is 4.12. The standard InChI is InChI=1S/C16H25NO3/c1-12(13-7-8-15(18)16(11-13)19-2)17-9-10-20-14-5-3-4-6-14/h7-8,11-12,14,17-18H,3-6,9-10H2,1-2H3. The molecule has 1 atom stereocenters. The van der Waals surface area contributed by atoms with E-state index in [4.69, 9.17) is 9.47 Å². The minimum absolute atomic E-state index is 0.174. The fourth-order valence-corrected chi connectivity index (χ4v) is 2.64. The summed E-state index contributed by atoms with van der Waals surface area (Å²) in [7, 11) is 1.56. The maximum atomic E-state index is 9.59. The first-order chi connectivity index (χ1) is 9.70. The quantitative estimate of drug-likeness (QED) is 0.753. The number of phenolic OH excluding ortho intramolecular Hbond substituents is 1. The van der Waals surface area contributed by atoms with Crippen LogP contribution in [-0.4, -0.2) is 31.5 Å². The Labute approximate surface area is 121 Å².